The first kappa shape index (κ1) is 18.3. The highest BCUT2D eigenvalue weighted by Crippen LogP contribution is 2.29. The largest absolute Gasteiger partial charge is 0.399 e. The normalized spacial score (nSPS) is 12.6. The van der Waals surface area contributed by atoms with Crippen LogP contribution < -0.4 is 5.73 Å². The predicted octanol–water partition coefficient (Wildman–Crippen LogP) is 3.76. The Labute approximate surface area is 133 Å². The van der Waals surface area contributed by atoms with Crippen molar-refractivity contribution in [1.29, 1.82) is 0 Å². The molecule has 6 heteroatoms. The first-order valence-corrected chi connectivity index (χ1v) is 9.12. The summed E-state index contributed by atoms with van der Waals surface area (Å²) in [6.07, 6.45) is 1.53. The highest BCUT2D eigenvalue weighted by molar-refractivity contribution is 7.89. The maximum atomic E-state index is 13.0. The molecule has 0 radical (unpaired) electrons. The van der Waals surface area contributed by atoms with Crippen molar-refractivity contribution in [3.63, 3.8) is 0 Å². The van der Waals surface area contributed by atoms with Gasteiger partial charge in [0.25, 0.3) is 0 Å². The summed E-state index contributed by atoms with van der Waals surface area (Å²) >= 11 is 6.09. The molecule has 0 aromatic heterocycles. The van der Waals surface area contributed by atoms with Crippen molar-refractivity contribution < 1.29 is 8.42 Å². The molecule has 4 nitrogen and oxygen atoms in total. The number of hydrogen-bond donors (Lipinski definition) is 1. The maximum absolute atomic E-state index is 13.0. The molecule has 2 N–H and O–H groups in total. The van der Waals surface area contributed by atoms with Gasteiger partial charge in [0.15, 0.2) is 0 Å². The second-order valence-corrected chi connectivity index (χ2v) is 7.89. The Kier molecular flexibility index (Phi) is 6.50. The molecule has 0 fully saturated rings. The third kappa shape index (κ3) is 4.34. The standard InChI is InChI=1S/C15H25ClN2O2S/c1-5-13(6-2)18(10-11(3)4)21(19,20)15-9-12(17)7-8-14(15)16/h7-9,11,13H,5-6,10,17H2,1-4H3. The molecule has 0 heterocycles. The molecule has 0 spiro atoms. The summed E-state index contributed by atoms with van der Waals surface area (Å²) in [7, 11) is -3.65. The highest BCUT2D eigenvalue weighted by atomic mass is 35.5. The SMILES string of the molecule is CCC(CC)N(CC(C)C)S(=O)(=O)c1cc(N)ccc1Cl. The van der Waals surface area contributed by atoms with Gasteiger partial charge >= 0.3 is 0 Å². The minimum absolute atomic E-state index is 0.0325. The number of anilines is 1. The van der Waals surface area contributed by atoms with Crippen LogP contribution in [0.2, 0.25) is 5.02 Å². The van der Waals surface area contributed by atoms with Gasteiger partial charge in [-0.25, -0.2) is 8.42 Å². The molecule has 0 amide bonds. The van der Waals surface area contributed by atoms with E-state index in [1.165, 1.54) is 12.1 Å². The van der Waals surface area contributed by atoms with Crippen LogP contribution in [-0.4, -0.2) is 25.3 Å². The Morgan fingerprint density at radius 2 is 1.81 bits per heavy atom. The predicted molar refractivity (Wildman–Crippen MR) is 89.0 cm³/mol. The number of hydrogen-bond acceptors (Lipinski definition) is 3. The Bertz CT molecular complexity index is 569. The van der Waals surface area contributed by atoms with Crippen LogP contribution in [0.3, 0.4) is 0 Å². The zero-order valence-electron chi connectivity index (χ0n) is 13.1. The van der Waals surface area contributed by atoms with Crippen molar-refractivity contribution in [2.45, 2.75) is 51.5 Å². The summed E-state index contributed by atoms with van der Waals surface area (Å²) in [5, 5.41) is 0.212. The molecule has 1 aromatic carbocycles. The molecule has 0 unspecified atom stereocenters. The molecule has 1 rings (SSSR count). The maximum Gasteiger partial charge on any atom is 0.244 e. The van der Waals surface area contributed by atoms with Gasteiger partial charge in [0, 0.05) is 18.3 Å². The summed E-state index contributed by atoms with van der Waals surface area (Å²) in [5.74, 6) is 0.236. The zero-order chi connectivity index (χ0) is 16.2. The lowest BCUT2D eigenvalue weighted by Gasteiger charge is -2.31. The Balaban J connectivity index is 3.35. The fourth-order valence-electron chi connectivity index (χ4n) is 2.34. The first-order valence-electron chi connectivity index (χ1n) is 7.30. The number of sulfonamides is 1. The van der Waals surface area contributed by atoms with Crippen LogP contribution in [-0.2, 0) is 10.0 Å². The van der Waals surface area contributed by atoms with E-state index in [9.17, 15) is 8.42 Å². The van der Waals surface area contributed by atoms with Crippen molar-refractivity contribution >= 4 is 27.3 Å². The van der Waals surface area contributed by atoms with Gasteiger partial charge < -0.3 is 5.73 Å². The summed E-state index contributed by atoms with van der Waals surface area (Å²) in [6.45, 7) is 8.48. The van der Waals surface area contributed by atoms with E-state index < -0.39 is 10.0 Å². The number of benzene rings is 1. The van der Waals surface area contributed by atoms with Crippen LogP contribution in [0.4, 0.5) is 5.69 Å². The second kappa shape index (κ2) is 7.47. The quantitative estimate of drug-likeness (QED) is 0.773. The number of rotatable bonds is 7. The molecule has 0 atom stereocenters. The van der Waals surface area contributed by atoms with Crippen LogP contribution in [0.1, 0.15) is 40.5 Å². The van der Waals surface area contributed by atoms with Gasteiger partial charge in [-0.2, -0.15) is 4.31 Å². The third-order valence-corrected chi connectivity index (χ3v) is 5.84. The van der Waals surface area contributed by atoms with Crippen LogP contribution in [0.15, 0.2) is 23.1 Å². The lowest BCUT2D eigenvalue weighted by Crippen LogP contribution is -2.42. The van der Waals surface area contributed by atoms with Gasteiger partial charge in [-0.1, -0.05) is 39.3 Å². The Morgan fingerprint density at radius 3 is 2.29 bits per heavy atom. The highest BCUT2D eigenvalue weighted by Gasteiger charge is 2.31. The van der Waals surface area contributed by atoms with E-state index in [1.807, 2.05) is 27.7 Å². The monoisotopic (exact) mass is 332 g/mol. The van der Waals surface area contributed by atoms with Crippen molar-refractivity contribution in [2.24, 2.45) is 5.92 Å². The summed E-state index contributed by atoms with van der Waals surface area (Å²) in [5.41, 5.74) is 6.12. The Morgan fingerprint density at radius 1 is 1.24 bits per heavy atom. The van der Waals surface area contributed by atoms with Gasteiger partial charge in [0.2, 0.25) is 10.0 Å². The molecule has 0 saturated heterocycles. The van der Waals surface area contributed by atoms with Crippen molar-refractivity contribution in [3.8, 4) is 0 Å². The van der Waals surface area contributed by atoms with E-state index in [4.69, 9.17) is 17.3 Å². The van der Waals surface area contributed by atoms with E-state index in [0.717, 1.165) is 12.8 Å². The number of nitrogens with zero attached hydrogens (tertiary/aromatic N) is 1. The molecular formula is C15H25ClN2O2S. The van der Waals surface area contributed by atoms with Gasteiger partial charge in [0.05, 0.1) is 5.02 Å². The van der Waals surface area contributed by atoms with Crippen LogP contribution in [0.5, 0.6) is 0 Å². The summed E-state index contributed by atoms with van der Waals surface area (Å²) < 4.78 is 27.5. The molecule has 1 aromatic rings. The Hall–Kier alpha value is -0.780. The van der Waals surface area contributed by atoms with Gasteiger partial charge in [-0.15, -0.1) is 0 Å². The van der Waals surface area contributed by atoms with Crippen LogP contribution >= 0.6 is 11.6 Å². The first-order chi connectivity index (χ1) is 9.73. The molecule has 21 heavy (non-hydrogen) atoms. The third-order valence-electron chi connectivity index (χ3n) is 3.44. The average molecular weight is 333 g/mol. The fraction of sp³-hybridized carbons (Fsp3) is 0.600. The fourth-order valence-corrected chi connectivity index (χ4v) is 4.79. The average Bonchev–Trinajstić information content (AvgIpc) is 2.41. The molecule has 120 valence electrons. The molecule has 0 aliphatic carbocycles. The molecule has 0 aliphatic rings. The molecule has 0 bridgehead atoms. The van der Waals surface area contributed by atoms with Crippen molar-refractivity contribution in [3.05, 3.63) is 23.2 Å². The minimum atomic E-state index is -3.65. The van der Waals surface area contributed by atoms with E-state index in [1.54, 1.807) is 10.4 Å². The van der Waals surface area contributed by atoms with Crippen molar-refractivity contribution in [2.75, 3.05) is 12.3 Å². The second-order valence-electron chi connectivity index (χ2n) is 5.63. The van der Waals surface area contributed by atoms with E-state index in [0.29, 0.717) is 12.2 Å². The van der Waals surface area contributed by atoms with E-state index >= 15 is 0 Å². The zero-order valence-corrected chi connectivity index (χ0v) is 14.7. The number of nitrogens with two attached hydrogens (primary N) is 1. The van der Waals surface area contributed by atoms with E-state index in [-0.39, 0.29) is 21.9 Å². The number of nitrogen functional groups attached to an aromatic ring is 1. The van der Waals surface area contributed by atoms with Gasteiger partial charge in [-0.05, 0) is 37.0 Å². The van der Waals surface area contributed by atoms with E-state index in [2.05, 4.69) is 0 Å². The smallest absolute Gasteiger partial charge is 0.244 e. The summed E-state index contributed by atoms with van der Waals surface area (Å²) in [4.78, 5) is 0.0942. The number of halogens is 1. The lowest BCUT2D eigenvalue weighted by molar-refractivity contribution is 0.277. The summed E-state index contributed by atoms with van der Waals surface area (Å²) in [6, 6.07) is 4.54. The molecule has 0 saturated carbocycles. The van der Waals surface area contributed by atoms with Gasteiger partial charge in [0.1, 0.15) is 4.90 Å². The van der Waals surface area contributed by atoms with Crippen molar-refractivity contribution in [1.82, 2.24) is 4.31 Å². The lowest BCUT2D eigenvalue weighted by atomic mass is 10.1. The minimum Gasteiger partial charge on any atom is -0.399 e. The molecular weight excluding hydrogens is 308 g/mol. The van der Waals surface area contributed by atoms with Gasteiger partial charge in [-0.3, -0.25) is 0 Å². The topological polar surface area (TPSA) is 63.4 Å². The van der Waals surface area contributed by atoms with Crippen LogP contribution in [0, 0.1) is 5.92 Å². The van der Waals surface area contributed by atoms with Crippen LogP contribution in [0.25, 0.3) is 0 Å². The molecule has 0 aliphatic heterocycles.